The van der Waals surface area contributed by atoms with Crippen molar-refractivity contribution in [3.8, 4) is 11.5 Å². The maximum absolute atomic E-state index is 14.1. The normalized spacial score (nSPS) is 24.9. The third-order valence-electron chi connectivity index (χ3n) is 5.33. The lowest BCUT2D eigenvalue weighted by Crippen LogP contribution is -2.33. The molecule has 3 aromatic rings. The highest BCUT2D eigenvalue weighted by atomic mass is 19.1. The Balaban J connectivity index is 1.47. The van der Waals surface area contributed by atoms with Crippen LogP contribution in [-0.2, 0) is 9.47 Å². The van der Waals surface area contributed by atoms with Gasteiger partial charge in [0.1, 0.15) is 36.0 Å². The van der Waals surface area contributed by atoms with E-state index in [1.807, 2.05) is 0 Å². The molecule has 3 heterocycles. The molecule has 1 N–H and O–H groups in total. The third kappa shape index (κ3) is 3.61. The van der Waals surface area contributed by atoms with Crippen molar-refractivity contribution < 1.29 is 32.1 Å². The van der Waals surface area contributed by atoms with Gasteiger partial charge < -0.3 is 24.3 Å². The van der Waals surface area contributed by atoms with E-state index in [1.165, 1.54) is 13.4 Å². The third-order valence-corrected chi connectivity index (χ3v) is 5.33. The monoisotopic (exact) mass is 433 g/mol. The zero-order valence-electron chi connectivity index (χ0n) is 16.3. The van der Waals surface area contributed by atoms with Gasteiger partial charge in [0.25, 0.3) is 0 Å². The van der Waals surface area contributed by atoms with Crippen molar-refractivity contribution in [3.63, 3.8) is 0 Å². The van der Waals surface area contributed by atoms with Gasteiger partial charge in [-0.25, -0.2) is 23.1 Å². The molecule has 5 rings (SSSR count). The van der Waals surface area contributed by atoms with E-state index in [2.05, 4.69) is 15.3 Å². The number of anilines is 2. The van der Waals surface area contributed by atoms with Crippen LogP contribution >= 0.6 is 0 Å². The maximum Gasteiger partial charge on any atom is 0.164 e. The highest BCUT2D eigenvalue weighted by molar-refractivity contribution is 5.93. The lowest BCUT2D eigenvalue weighted by molar-refractivity contribution is 0.0271. The van der Waals surface area contributed by atoms with Crippen LogP contribution in [0.4, 0.5) is 24.7 Å². The number of benzene rings is 2. The summed E-state index contributed by atoms with van der Waals surface area (Å²) in [5.74, 6) is -0.209. The lowest BCUT2D eigenvalue weighted by Gasteiger charge is -2.20. The number of methoxy groups -OCH3 is 1. The standard InChI is InChI=1S/C21H18F3N3O4/c1-28-16-5-11-14(6-17(16)31-18-8-30-19-13(24)7-29-20(18)19)25-9-26-21(11)27-15-4-10(22)2-3-12(15)23/h2-6,9,13,18-20H,7-8H2,1H3,(H,25,26,27)/t13-,18-,19+,20?/m1/s1. The summed E-state index contributed by atoms with van der Waals surface area (Å²) >= 11 is 0. The van der Waals surface area contributed by atoms with Gasteiger partial charge in [0.05, 0.1) is 31.5 Å². The Bertz CT molecular complexity index is 1130. The number of hydrogen-bond acceptors (Lipinski definition) is 7. The fourth-order valence-corrected chi connectivity index (χ4v) is 3.82. The number of hydrogen-bond donors (Lipinski definition) is 1. The molecule has 0 radical (unpaired) electrons. The molecule has 0 bridgehead atoms. The minimum absolute atomic E-state index is 0.0249. The molecule has 2 aliphatic rings. The zero-order valence-corrected chi connectivity index (χ0v) is 16.3. The van der Waals surface area contributed by atoms with Crippen LogP contribution in [0.3, 0.4) is 0 Å². The summed E-state index contributed by atoms with van der Waals surface area (Å²) in [5, 5.41) is 3.30. The minimum Gasteiger partial charge on any atom is -0.493 e. The molecule has 162 valence electrons. The van der Waals surface area contributed by atoms with Crippen LogP contribution in [0.15, 0.2) is 36.7 Å². The Morgan fingerprint density at radius 1 is 1.03 bits per heavy atom. The SMILES string of the molecule is COc1cc2c(Nc3cc(F)ccc3F)ncnc2cc1O[C@@H]1CO[C@@H]2C1OC[C@H]2F. The summed E-state index contributed by atoms with van der Waals surface area (Å²) in [4.78, 5) is 8.38. The van der Waals surface area contributed by atoms with Crippen molar-refractivity contribution in [3.05, 3.63) is 48.3 Å². The van der Waals surface area contributed by atoms with E-state index in [9.17, 15) is 13.2 Å². The van der Waals surface area contributed by atoms with Gasteiger partial charge in [-0.15, -0.1) is 0 Å². The molecule has 0 amide bonds. The Morgan fingerprint density at radius 2 is 1.87 bits per heavy atom. The number of nitrogens with one attached hydrogen (secondary N) is 1. The van der Waals surface area contributed by atoms with E-state index in [-0.39, 0.29) is 24.7 Å². The highest BCUT2D eigenvalue weighted by Gasteiger charge is 2.49. The number of aromatic nitrogens is 2. The van der Waals surface area contributed by atoms with Crippen molar-refractivity contribution in [2.75, 3.05) is 25.6 Å². The summed E-state index contributed by atoms with van der Waals surface area (Å²) in [6.45, 7) is 0.162. The van der Waals surface area contributed by atoms with E-state index >= 15 is 0 Å². The van der Waals surface area contributed by atoms with Crippen molar-refractivity contribution in [1.82, 2.24) is 9.97 Å². The molecule has 0 aliphatic carbocycles. The fourth-order valence-electron chi connectivity index (χ4n) is 3.82. The van der Waals surface area contributed by atoms with Gasteiger partial charge in [-0.1, -0.05) is 0 Å². The number of rotatable bonds is 5. The predicted octanol–water partition coefficient (Wildman–Crippen LogP) is 3.54. The zero-order chi connectivity index (χ0) is 21.5. The quantitative estimate of drug-likeness (QED) is 0.660. The van der Waals surface area contributed by atoms with Gasteiger partial charge >= 0.3 is 0 Å². The average molecular weight is 433 g/mol. The second kappa shape index (κ2) is 7.86. The molecule has 7 nitrogen and oxygen atoms in total. The smallest absolute Gasteiger partial charge is 0.164 e. The molecule has 2 saturated heterocycles. The van der Waals surface area contributed by atoms with Crippen LogP contribution in [0.5, 0.6) is 11.5 Å². The van der Waals surface area contributed by atoms with Crippen LogP contribution in [0.1, 0.15) is 0 Å². The molecule has 2 aromatic carbocycles. The predicted molar refractivity (Wildman–Crippen MR) is 105 cm³/mol. The van der Waals surface area contributed by atoms with Gasteiger partial charge in [-0.05, 0) is 18.2 Å². The summed E-state index contributed by atoms with van der Waals surface area (Å²) in [7, 11) is 1.47. The first kappa shape index (κ1) is 19.8. The molecular formula is C21H18F3N3O4. The van der Waals surface area contributed by atoms with Crippen LogP contribution < -0.4 is 14.8 Å². The van der Waals surface area contributed by atoms with Crippen LogP contribution in [0.2, 0.25) is 0 Å². The summed E-state index contributed by atoms with van der Waals surface area (Å²) < 4.78 is 63.8. The Morgan fingerprint density at radius 3 is 2.71 bits per heavy atom. The van der Waals surface area contributed by atoms with Crippen LogP contribution in [-0.4, -0.2) is 54.8 Å². The van der Waals surface area contributed by atoms with Crippen molar-refractivity contribution in [2.45, 2.75) is 24.5 Å². The Labute approximate surface area is 175 Å². The first-order valence-corrected chi connectivity index (χ1v) is 9.62. The van der Waals surface area contributed by atoms with Crippen molar-refractivity contribution >= 4 is 22.4 Å². The lowest BCUT2D eigenvalue weighted by atomic mass is 10.1. The van der Waals surface area contributed by atoms with E-state index in [0.29, 0.717) is 22.4 Å². The number of alkyl halides is 1. The molecule has 1 unspecified atom stereocenters. The number of fused-ring (bicyclic) bond motifs is 2. The molecule has 2 aliphatic heterocycles. The molecule has 1 aromatic heterocycles. The minimum atomic E-state index is -1.18. The van der Waals surface area contributed by atoms with Gasteiger partial charge in [0, 0.05) is 17.5 Å². The number of ether oxygens (including phenoxy) is 4. The van der Waals surface area contributed by atoms with Crippen molar-refractivity contribution in [1.29, 1.82) is 0 Å². The number of nitrogens with zero attached hydrogens (tertiary/aromatic N) is 2. The van der Waals surface area contributed by atoms with Gasteiger partial charge in [-0.2, -0.15) is 0 Å². The van der Waals surface area contributed by atoms with E-state index in [1.54, 1.807) is 12.1 Å². The van der Waals surface area contributed by atoms with Gasteiger partial charge in [0.2, 0.25) is 0 Å². The molecule has 4 atom stereocenters. The average Bonchev–Trinajstić information content (AvgIpc) is 3.33. The summed E-state index contributed by atoms with van der Waals surface area (Å²) in [6.07, 6.45) is -1.54. The molecule has 31 heavy (non-hydrogen) atoms. The maximum atomic E-state index is 14.1. The second-order valence-electron chi connectivity index (χ2n) is 7.26. The molecule has 2 fully saturated rings. The number of halogens is 3. The van der Waals surface area contributed by atoms with E-state index in [0.717, 1.165) is 18.2 Å². The first-order chi connectivity index (χ1) is 15.0. The van der Waals surface area contributed by atoms with Gasteiger partial charge in [0.15, 0.2) is 23.8 Å². The molecule has 0 saturated carbocycles. The van der Waals surface area contributed by atoms with Crippen molar-refractivity contribution in [2.24, 2.45) is 0 Å². The van der Waals surface area contributed by atoms with Crippen LogP contribution in [0.25, 0.3) is 10.9 Å². The second-order valence-corrected chi connectivity index (χ2v) is 7.26. The Hall–Kier alpha value is -3.11. The largest absolute Gasteiger partial charge is 0.493 e. The summed E-state index contributed by atoms with van der Waals surface area (Å²) in [5.41, 5.74) is 0.420. The topological polar surface area (TPSA) is 74.7 Å². The molecular weight excluding hydrogens is 415 g/mol. The fraction of sp³-hybridized carbons (Fsp3) is 0.333. The van der Waals surface area contributed by atoms with Gasteiger partial charge in [-0.3, -0.25) is 0 Å². The molecule has 0 spiro atoms. The molecule has 10 heteroatoms. The van der Waals surface area contributed by atoms with E-state index < -0.39 is 36.1 Å². The Kier molecular flexibility index (Phi) is 5.03. The van der Waals surface area contributed by atoms with E-state index in [4.69, 9.17) is 18.9 Å². The summed E-state index contributed by atoms with van der Waals surface area (Å²) in [6, 6.07) is 6.36. The highest BCUT2D eigenvalue weighted by Crippen LogP contribution is 2.38. The van der Waals surface area contributed by atoms with Crippen LogP contribution in [0, 0.1) is 11.6 Å². The first-order valence-electron chi connectivity index (χ1n) is 9.62.